The minimum Gasteiger partial charge on any atom is -0.357 e. The average Bonchev–Trinajstić information content (AvgIpc) is 3.30. The fourth-order valence-corrected chi connectivity index (χ4v) is 4.16. The van der Waals surface area contributed by atoms with Gasteiger partial charge >= 0.3 is 0 Å². The zero-order chi connectivity index (χ0) is 18.2. The molecule has 1 saturated carbocycles. The van der Waals surface area contributed by atoms with E-state index in [2.05, 4.69) is 57.6 Å². The van der Waals surface area contributed by atoms with Gasteiger partial charge in [-0.25, -0.2) is 9.98 Å². The number of nitrogens with zero attached hydrogens (tertiary/aromatic N) is 3. The molecule has 0 saturated heterocycles. The Morgan fingerprint density at radius 2 is 2.11 bits per heavy atom. The molecule has 2 N–H and O–H groups in total. The van der Waals surface area contributed by atoms with E-state index >= 15 is 0 Å². The molecule has 148 valence electrons. The van der Waals surface area contributed by atoms with E-state index in [4.69, 9.17) is 4.99 Å². The second-order valence-electron chi connectivity index (χ2n) is 6.66. The quantitative estimate of drug-likeness (QED) is 0.345. The van der Waals surface area contributed by atoms with Gasteiger partial charge in [0, 0.05) is 36.8 Å². The van der Waals surface area contributed by atoms with Crippen molar-refractivity contribution in [3.05, 3.63) is 54.1 Å². The Balaban J connectivity index is 0.00000261. The zero-order valence-corrected chi connectivity index (χ0v) is 19.2. The lowest BCUT2D eigenvalue weighted by Gasteiger charge is -2.17. The van der Waals surface area contributed by atoms with Crippen molar-refractivity contribution in [3.8, 4) is 0 Å². The van der Waals surface area contributed by atoms with E-state index in [0.717, 1.165) is 30.1 Å². The highest BCUT2D eigenvalue weighted by Crippen LogP contribution is 2.28. The topological polar surface area (TPSA) is 54.2 Å². The Kier molecular flexibility index (Phi) is 9.47. The minimum absolute atomic E-state index is 0. The van der Waals surface area contributed by atoms with Gasteiger partial charge < -0.3 is 15.2 Å². The Labute approximate surface area is 183 Å². The summed E-state index contributed by atoms with van der Waals surface area (Å²) >= 11 is 1.98. The van der Waals surface area contributed by atoms with E-state index in [9.17, 15) is 0 Å². The van der Waals surface area contributed by atoms with Gasteiger partial charge in [0.2, 0.25) is 0 Å². The number of benzene rings is 1. The molecule has 0 aliphatic heterocycles. The number of guanidine groups is 1. The molecule has 0 bridgehead atoms. The molecule has 7 heteroatoms. The molecule has 1 aromatic carbocycles. The lowest BCUT2D eigenvalue weighted by Crippen LogP contribution is -2.42. The maximum Gasteiger partial charge on any atom is 0.191 e. The van der Waals surface area contributed by atoms with Crippen molar-refractivity contribution in [2.75, 3.05) is 12.8 Å². The number of thioether (sulfide) groups is 1. The second kappa shape index (κ2) is 11.6. The van der Waals surface area contributed by atoms with Crippen LogP contribution in [0.3, 0.4) is 0 Å². The van der Waals surface area contributed by atoms with Crippen molar-refractivity contribution in [2.24, 2.45) is 4.99 Å². The highest BCUT2D eigenvalue weighted by Gasteiger charge is 2.24. The maximum absolute atomic E-state index is 4.78. The van der Waals surface area contributed by atoms with E-state index in [1.54, 1.807) is 0 Å². The van der Waals surface area contributed by atoms with Crippen LogP contribution in [0.15, 0.2) is 47.7 Å². The van der Waals surface area contributed by atoms with Crippen molar-refractivity contribution >= 4 is 41.7 Å². The Morgan fingerprint density at radius 3 is 2.81 bits per heavy atom. The third-order valence-electron chi connectivity index (χ3n) is 4.78. The molecule has 1 fully saturated rings. The highest BCUT2D eigenvalue weighted by molar-refractivity contribution is 14.0. The van der Waals surface area contributed by atoms with Gasteiger partial charge in [0.05, 0.1) is 0 Å². The summed E-state index contributed by atoms with van der Waals surface area (Å²) in [5.41, 5.74) is 1.27. The minimum atomic E-state index is 0. The summed E-state index contributed by atoms with van der Waals surface area (Å²) in [4.78, 5) is 9.28. The number of imidazole rings is 1. The van der Waals surface area contributed by atoms with Crippen LogP contribution < -0.4 is 10.6 Å². The fraction of sp³-hybridized carbons (Fsp3) is 0.500. The summed E-state index contributed by atoms with van der Waals surface area (Å²) in [7, 11) is 0. The number of nitrogens with one attached hydrogen (secondary N) is 2. The maximum atomic E-state index is 4.78. The van der Waals surface area contributed by atoms with Crippen molar-refractivity contribution in [2.45, 2.75) is 50.6 Å². The standard InChI is InChI=1S/C20H29N5S.HI/c1-3-21-20(24-17-9-10-18(13-17)26-2)23-14-19-22-11-12-25(19)15-16-7-5-4-6-8-16;/h4-8,11-12,17-18H,3,9-10,13-15H2,1-2H3,(H2,21,23,24);1H. The summed E-state index contributed by atoms with van der Waals surface area (Å²) in [5, 5.41) is 7.75. The molecule has 1 aliphatic rings. The average molecular weight is 499 g/mol. The van der Waals surface area contributed by atoms with Gasteiger partial charge in [-0.2, -0.15) is 11.8 Å². The van der Waals surface area contributed by atoms with Gasteiger partial charge in [-0.1, -0.05) is 30.3 Å². The van der Waals surface area contributed by atoms with Crippen LogP contribution in [0.4, 0.5) is 0 Å². The fourth-order valence-electron chi connectivity index (χ4n) is 3.36. The molecule has 2 atom stereocenters. The number of halogens is 1. The molecule has 1 aromatic heterocycles. The van der Waals surface area contributed by atoms with Crippen LogP contribution in [0.5, 0.6) is 0 Å². The SMILES string of the molecule is CCNC(=NCc1nccn1Cc1ccccc1)NC1CCC(SC)C1.I. The van der Waals surface area contributed by atoms with Crippen LogP contribution in [0.1, 0.15) is 37.6 Å². The number of rotatable bonds is 7. The van der Waals surface area contributed by atoms with Gasteiger partial charge in [0.25, 0.3) is 0 Å². The van der Waals surface area contributed by atoms with Gasteiger partial charge in [-0.15, -0.1) is 24.0 Å². The first kappa shape index (κ1) is 22.1. The molecule has 1 heterocycles. The van der Waals surface area contributed by atoms with E-state index < -0.39 is 0 Å². The molecular weight excluding hydrogens is 469 g/mol. The predicted octanol–water partition coefficient (Wildman–Crippen LogP) is 3.89. The molecule has 27 heavy (non-hydrogen) atoms. The molecule has 0 amide bonds. The molecular formula is C20H30IN5S. The first-order valence-corrected chi connectivity index (χ1v) is 10.7. The lowest BCUT2D eigenvalue weighted by molar-refractivity contribution is 0.613. The van der Waals surface area contributed by atoms with E-state index in [1.807, 2.05) is 30.2 Å². The lowest BCUT2D eigenvalue weighted by atomic mass is 10.2. The van der Waals surface area contributed by atoms with Crippen molar-refractivity contribution in [1.29, 1.82) is 0 Å². The highest BCUT2D eigenvalue weighted by atomic mass is 127. The third kappa shape index (κ3) is 6.71. The van der Waals surface area contributed by atoms with Crippen molar-refractivity contribution in [3.63, 3.8) is 0 Å². The van der Waals surface area contributed by atoms with E-state index in [0.29, 0.717) is 12.6 Å². The molecule has 0 radical (unpaired) electrons. The molecule has 2 unspecified atom stereocenters. The smallest absolute Gasteiger partial charge is 0.191 e. The monoisotopic (exact) mass is 499 g/mol. The summed E-state index contributed by atoms with van der Waals surface area (Å²) in [6.07, 6.45) is 9.82. The number of hydrogen-bond donors (Lipinski definition) is 2. The van der Waals surface area contributed by atoms with Crippen LogP contribution >= 0.6 is 35.7 Å². The van der Waals surface area contributed by atoms with Crippen LogP contribution in [-0.4, -0.2) is 39.6 Å². The first-order chi connectivity index (χ1) is 12.8. The van der Waals surface area contributed by atoms with Gasteiger partial charge in [-0.05, 0) is 38.0 Å². The predicted molar refractivity (Wildman–Crippen MR) is 126 cm³/mol. The second-order valence-corrected chi connectivity index (χ2v) is 7.80. The van der Waals surface area contributed by atoms with Crippen molar-refractivity contribution in [1.82, 2.24) is 20.2 Å². The summed E-state index contributed by atoms with van der Waals surface area (Å²) in [5.74, 6) is 1.88. The Bertz CT molecular complexity index is 703. The number of aromatic nitrogens is 2. The largest absolute Gasteiger partial charge is 0.357 e. The number of hydrogen-bond acceptors (Lipinski definition) is 3. The van der Waals surface area contributed by atoms with Gasteiger partial charge in [-0.3, -0.25) is 0 Å². The summed E-state index contributed by atoms with van der Waals surface area (Å²) < 4.78 is 2.17. The van der Waals surface area contributed by atoms with Gasteiger partial charge in [0.1, 0.15) is 12.4 Å². The Hall–Kier alpha value is -1.22. The molecule has 1 aliphatic carbocycles. The summed E-state index contributed by atoms with van der Waals surface area (Å²) in [6, 6.07) is 11.0. The van der Waals surface area contributed by atoms with Crippen LogP contribution in [-0.2, 0) is 13.1 Å². The Morgan fingerprint density at radius 1 is 1.30 bits per heavy atom. The van der Waals surface area contributed by atoms with E-state index in [1.165, 1.54) is 24.8 Å². The van der Waals surface area contributed by atoms with Crippen LogP contribution in [0.25, 0.3) is 0 Å². The molecule has 2 aromatic rings. The number of aliphatic imine (C=N–C) groups is 1. The van der Waals surface area contributed by atoms with Crippen LogP contribution in [0, 0.1) is 0 Å². The first-order valence-electron chi connectivity index (χ1n) is 9.40. The van der Waals surface area contributed by atoms with Crippen LogP contribution in [0.2, 0.25) is 0 Å². The molecule has 3 rings (SSSR count). The molecule has 0 spiro atoms. The normalized spacial score (nSPS) is 19.6. The summed E-state index contributed by atoms with van der Waals surface area (Å²) in [6.45, 7) is 4.37. The molecule has 5 nitrogen and oxygen atoms in total. The van der Waals surface area contributed by atoms with Crippen molar-refractivity contribution < 1.29 is 0 Å². The zero-order valence-electron chi connectivity index (χ0n) is 16.1. The van der Waals surface area contributed by atoms with E-state index in [-0.39, 0.29) is 24.0 Å². The third-order valence-corrected chi connectivity index (χ3v) is 5.87. The van der Waals surface area contributed by atoms with Gasteiger partial charge in [0.15, 0.2) is 5.96 Å².